The summed E-state index contributed by atoms with van der Waals surface area (Å²) in [4.78, 5) is 28.2. The van der Waals surface area contributed by atoms with Gasteiger partial charge in [0.25, 0.3) is 0 Å². The zero-order valence-corrected chi connectivity index (χ0v) is 14.0. The van der Waals surface area contributed by atoms with Crippen LogP contribution in [0.2, 0.25) is 0 Å². The summed E-state index contributed by atoms with van der Waals surface area (Å²) in [6.07, 6.45) is 5.33. The Bertz CT molecular complexity index is 695. The Labute approximate surface area is 140 Å². The molecule has 0 bridgehead atoms. The van der Waals surface area contributed by atoms with Crippen LogP contribution < -0.4 is 10.2 Å². The summed E-state index contributed by atoms with van der Waals surface area (Å²) in [5.74, 6) is -0.249. The molecule has 0 radical (unpaired) electrons. The van der Waals surface area contributed by atoms with Crippen LogP contribution in [0.25, 0.3) is 0 Å². The molecule has 5 heteroatoms. The summed E-state index contributed by atoms with van der Waals surface area (Å²) in [5.41, 5.74) is 3.13. The maximum Gasteiger partial charge on any atom is 0.329 e. The molecular formula is C18H20N2O2S. The zero-order valence-electron chi connectivity index (χ0n) is 13.2. The third-order valence-corrected chi connectivity index (χ3v) is 6.36. The number of aryl methyl sites for hydroxylation is 1. The molecule has 0 aromatic heterocycles. The van der Waals surface area contributed by atoms with Gasteiger partial charge in [0, 0.05) is 0 Å². The van der Waals surface area contributed by atoms with E-state index in [2.05, 4.69) is 12.2 Å². The minimum Gasteiger partial charge on any atom is -0.324 e. The minimum atomic E-state index is -0.298. The van der Waals surface area contributed by atoms with E-state index in [0.29, 0.717) is 5.69 Å². The number of rotatable bonds is 2. The normalized spacial score (nSPS) is 26.9. The molecule has 120 valence electrons. The first kappa shape index (κ1) is 14.8. The average molecular weight is 328 g/mol. The van der Waals surface area contributed by atoms with E-state index < -0.39 is 0 Å². The van der Waals surface area contributed by atoms with E-state index in [1.807, 2.05) is 24.3 Å². The number of carbonyl (C=O) groups excluding carboxylic acids is 2. The molecule has 3 aliphatic rings. The van der Waals surface area contributed by atoms with Crippen molar-refractivity contribution in [3.05, 3.63) is 40.3 Å². The first-order valence-electron chi connectivity index (χ1n) is 8.31. The monoisotopic (exact) mass is 328 g/mol. The number of imide groups is 1. The van der Waals surface area contributed by atoms with Crippen molar-refractivity contribution in [3.8, 4) is 0 Å². The van der Waals surface area contributed by atoms with Gasteiger partial charge in [0.1, 0.15) is 0 Å². The van der Waals surface area contributed by atoms with Crippen LogP contribution in [0, 0.1) is 5.92 Å². The van der Waals surface area contributed by atoms with E-state index in [0.717, 1.165) is 25.7 Å². The van der Waals surface area contributed by atoms with Gasteiger partial charge in [-0.1, -0.05) is 19.1 Å². The molecule has 1 aromatic rings. The van der Waals surface area contributed by atoms with Crippen LogP contribution in [0.3, 0.4) is 0 Å². The lowest BCUT2D eigenvalue weighted by molar-refractivity contribution is -0.121. The Balaban J connectivity index is 1.67. The largest absolute Gasteiger partial charge is 0.329 e. The maximum absolute atomic E-state index is 13.0. The zero-order chi connectivity index (χ0) is 16.0. The molecule has 2 aliphatic heterocycles. The van der Waals surface area contributed by atoms with E-state index in [1.165, 1.54) is 27.4 Å². The number of allylic oxidation sites excluding steroid dienone is 1. The summed E-state index contributed by atoms with van der Waals surface area (Å²) in [7, 11) is 0. The number of fused-ring (bicyclic) bond motifs is 2. The van der Waals surface area contributed by atoms with E-state index in [-0.39, 0.29) is 23.2 Å². The highest BCUT2D eigenvalue weighted by atomic mass is 32.2. The van der Waals surface area contributed by atoms with Crippen LogP contribution in [-0.2, 0) is 11.2 Å². The fraction of sp³-hybridized carbons (Fsp3) is 0.444. The van der Waals surface area contributed by atoms with Gasteiger partial charge in [0.15, 0.2) is 0 Å². The number of carbonyl (C=O) groups is 2. The third-order valence-electron chi connectivity index (χ3n) is 4.96. The van der Waals surface area contributed by atoms with Gasteiger partial charge in [0.05, 0.1) is 17.0 Å². The van der Waals surface area contributed by atoms with Gasteiger partial charge in [-0.25, -0.2) is 9.69 Å². The summed E-state index contributed by atoms with van der Waals surface area (Å²) < 4.78 is 0. The fourth-order valence-corrected chi connectivity index (χ4v) is 5.24. The number of benzene rings is 1. The van der Waals surface area contributed by atoms with Crippen molar-refractivity contribution in [3.63, 3.8) is 0 Å². The maximum atomic E-state index is 13.0. The van der Waals surface area contributed by atoms with Gasteiger partial charge in [-0.05, 0) is 60.3 Å². The lowest BCUT2D eigenvalue weighted by atomic mass is 9.87. The van der Waals surface area contributed by atoms with Crippen molar-refractivity contribution >= 4 is 29.4 Å². The van der Waals surface area contributed by atoms with Gasteiger partial charge >= 0.3 is 6.03 Å². The molecule has 0 spiro atoms. The predicted octanol–water partition coefficient (Wildman–Crippen LogP) is 3.82. The number of hydrogen-bond donors (Lipinski definition) is 1. The highest BCUT2D eigenvalue weighted by Crippen LogP contribution is 2.49. The Morgan fingerprint density at radius 2 is 1.91 bits per heavy atom. The molecule has 2 atom stereocenters. The minimum absolute atomic E-state index is 0.0672. The molecule has 23 heavy (non-hydrogen) atoms. The van der Waals surface area contributed by atoms with Crippen molar-refractivity contribution in [1.82, 2.24) is 5.32 Å². The molecule has 1 aromatic carbocycles. The summed E-state index contributed by atoms with van der Waals surface area (Å²) in [6.45, 7) is 2.09. The standard InChI is InChI=1S/C18H20N2O2S/c1-2-11-7-9-12(10-8-11)20-17(21)15-13-5-3-4-6-14(13)23-16(15)19-18(20)22/h7-10,15-16H,2-6H2,1H3,(H,19,22)/t15-,16-/m0/s1. The molecule has 1 saturated heterocycles. The van der Waals surface area contributed by atoms with Crippen LogP contribution in [0.1, 0.15) is 38.2 Å². The topological polar surface area (TPSA) is 49.4 Å². The Morgan fingerprint density at radius 3 is 2.65 bits per heavy atom. The number of hydrogen-bond acceptors (Lipinski definition) is 3. The van der Waals surface area contributed by atoms with E-state index >= 15 is 0 Å². The number of urea groups is 1. The highest BCUT2D eigenvalue weighted by Gasteiger charge is 2.48. The van der Waals surface area contributed by atoms with Gasteiger partial charge in [-0.3, -0.25) is 4.79 Å². The molecule has 4 rings (SSSR count). The van der Waals surface area contributed by atoms with Gasteiger partial charge in [0.2, 0.25) is 5.91 Å². The Morgan fingerprint density at radius 1 is 1.17 bits per heavy atom. The second-order valence-corrected chi connectivity index (χ2v) is 7.55. The van der Waals surface area contributed by atoms with Crippen molar-refractivity contribution in [2.75, 3.05) is 4.90 Å². The van der Waals surface area contributed by atoms with Crippen LogP contribution in [-0.4, -0.2) is 17.3 Å². The van der Waals surface area contributed by atoms with Crippen LogP contribution in [0.15, 0.2) is 34.7 Å². The number of anilines is 1. The van der Waals surface area contributed by atoms with E-state index in [1.54, 1.807) is 11.8 Å². The lowest BCUT2D eigenvalue weighted by Crippen LogP contribution is -2.58. The first-order valence-corrected chi connectivity index (χ1v) is 9.19. The third kappa shape index (κ3) is 2.38. The number of nitrogens with one attached hydrogen (secondary N) is 1. The Kier molecular flexibility index (Phi) is 3.68. The molecule has 1 fully saturated rings. The highest BCUT2D eigenvalue weighted by molar-refractivity contribution is 8.04. The van der Waals surface area contributed by atoms with E-state index in [9.17, 15) is 9.59 Å². The molecule has 3 amide bonds. The molecule has 1 N–H and O–H groups in total. The van der Waals surface area contributed by atoms with Gasteiger partial charge in [-0.15, -0.1) is 11.8 Å². The second-order valence-electron chi connectivity index (χ2n) is 6.31. The van der Waals surface area contributed by atoms with Crippen LogP contribution >= 0.6 is 11.8 Å². The predicted molar refractivity (Wildman–Crippen MR) is 92.2 cm³/mol. The molecule has 2 heterocycles. The molecule has 4 nitrogen and oxygen atoms in total. The fourth-order valence-electron chi connectivity index (χ4n) is 3.71. The quantitative estimate of drug-likeness (QED) is 0.898. The van der Waals surface area contributed by atoms with Gasteiger partial charge < -0.3 is 5.32 Å². The van der Waals surface area contributed by atoms with Crippen LogP contribution in [0.5, 0.6) is 0 Å². The second kappa shape index (κ2) is 5.71. The SMILES string of the molecule is CCc1ccc(N2C(=O)N[C@H]3SC4=C(CCCC4)[C@@H]3C2=O)cc1. The molecule has 0 saturated carbocycles. The average Bonchev–Trinajstić information content (AvgIpc) is 2.93. The van der Waals surface area contributed by atoms with Crippen molar-refractivity contribution in [1.29, 1.82) is 0 Å². The number of nitrogens with zero attached hydrogens (tertiary/aromatic N) is 1. The Hall–Kier alpha value is -1.75. The number of amides is 3. The van der Waals surface area contributed by atoms with Crippen LogP contribution in [0.4, 0.5) is 10.5 Å². The van der Waals surface area contributed by atoms with Crippen molar-refractivity contribution in [2.24, 2.45) is 5.92 Å². The van der Waals surface area contributed by atoms with Crippen molar-refractivity contribution in [2.45, 2.75) is 44.4 Å². The molecular weight excluding hydrogens is 308 g/mol. The summed E-state index contributed by atoms with van der Waals surface area (Å²) >= 11 is 1.69. The molecule has 1 aliphatic carbocycles. The lowest BCUT2D eigenvalue weighted by Gasteiger charge is -2.34. The smallest absolute Gasteiger partial charge is 0.324 e. The first-order chi connectivity index (χ1) is 11.2. The summed E-state index contributed by atoms with van der Waals surface area (Å²) in [6, 6.07) is 7.41. The summed E-state index contributed by atoms with van der Waals surface area (Å²) in [5, 5.41) is 2.92. The van der Waals surface area contributed by atoms with Gasteiger partial charge in [-0.2, -0.15) is 0 Å². The number of thioether (sulfide) groups is 1. The van der Waals surface area contributed by atoms with E-state index in [4.69, 9.17) is 0 Å². The molecule has 0 unspecified atom stereocenters. The van der Waals surface area contributed by atoms with Crippen molar-refractivity contribution < 1.29 is 9.59 Å².